The lowest BCUT2D eigenvalue weighted by molar-refractivity contribution is -0.131. The Morgan fingerprint density at radius 1 is 1.18 bits per heavy atom. The van der Waals surface area contributed by atoms with Crippen molar-refractivity contribution in [1.82, 2.24) is 14.5 Å². The van der Waals surface area contributed by atoms with Crippen LogP contribution in [0.25, 0.3) is 16.6 Å². The largest absolute Gasteiger partial charge is 0.338 e. The van der Waals surface area contributed by atoms with Crippen molar-refractivity contribution < 1.29 is 13.2 Å². The average Bonchev–Trinajstić information content (AvgIpc) is 3.19. The number of aryl methyl sites for hydroxylation is 1. The lowest BCUT2D eigenvalue weighted by Crippen LogP contribution is -2.44. The second-order valence-corrected chi connectivity index (χ2v) is 12.0. The van der Waals surface area contributed by atoms with Crippen LogP contribution >= 0.6 is 11.8 Å². The number of carbonyl (C=O) groups excluding carboxylic acids is 1. The van der Waals surface area contributed by atoms with Gasteiger partial charge in [0, 0.05) is 12.6 Å². The number of benzene rings is 2. The van der Waals surface area contributed by atoms with Gasteiger partial charge in [-0.25, -0.2) is 13.4 Å². The van der Waals surface area contributed by atoms with Crippen molar-refractivity contribution in [2.45, 2.75) is 50.1 Å². The first-order valence-corrected chi connectivity index (χ1v) is 14.2. The SMILES string of the molecule is CCc1ccc(-n2c(S[C@H](C)C(=O)N(CC)[C@H]3CCS(=O)(=O)C3)nc3ccccc3c2=O)cc1. The molecule has 2 heterocycles. The number of hydrogen-bond donors (Lipinski definition) is 0. The van der Waals surface area contributed by atoms with Gasteiger partial charge in [-0.05, 0) is 56.5 Å². The molecule has 180 valence electrons. The second-order valence-electron chi connectivity index (χ2n) is 8.51. The topological polar surface area (TPSA) is 89.3 Å². The normalized spacial score (nSPS) is 18.1. The van der Waals surface area contributed by atoms with Crippen molar-refractivity contribution in [3.63, 3.8) is 0 Å². The first kappa shape index (κ1) is 24.5. The third-order valence-electron chi connectivity index (χ3n) is 6.25. The van der Waals surface area contributed by atoms with Gasteiger partial charge in [0.05, 0.1) is 33.3 Å². The number of sulfone groups is 1. The minimum absolute atomic E-state index is 0.00662. The number of para-hydroxylation sites is 1. The minimum Gasteiger partial charge on any atom is -0.338 e. The molecule has 2 aromatic carbocycles. The van der Waals surface area contributed by atoms with E-state index in [4.69, 9.17) is 4.98 Å². The second kappa shape index (κ2) is 9.92. The third kappa shape index (κ3) is 4.90. The molecule has 0 aliphatic carbocycles. The van der Waals surface area contributed by atoms with E-state index in [1.54, 1.807) is 28.5 Å². The number of thioether (sulfide) groups is 1. The maximum atomic E-state index is 13.5. The molecule has 1 saturated heterocycles. The van der Waals surface area contributed by atoms with Crippen LogP contribution in [0, 0.1) is 0 Å². The number of carbonyl (C=O) groups is 1. The van der Waals surface area contributed by atoms with Crippen LogP contribution in [0.1, 0.15) is 32.8 Å². The Bertz CT molecular complexity index is 1370. The van der Waals surface area contributed by atoms with Crippen molar-refractivity contribution in [3.8, 4) is 5.69 Å². The molecule has 0 unspecified atom stereocenters. The predicted octanol–water partition coefficient (Wildman–Crippen LogP) is 3.46. The van der Waals surface area contributed by atoms with Crippen LogP contribution in [0.2, 0.25) is 0 Å². The van der Waals surface area contributed by atoms with E-state index in [1.807, 2.05) is 43.3 Å². The summed E-state index contributed by atoms with van der Waals surface area (Å²) in [6.45, 7) is 6.15. The van der Waals surface area contributed by atoms with Crippen molar-refractivity contribution in [1.29, 1.82) is 0 Å². The van der Waals surface area contributed by atoms with Gasteiger partial charge in [-0.1, -0.05) is 43.0 Å². The lowest BCUT2D eigenvalue weighted by atomic mass is 10.1. The number of fused-ring (bicyclic) bond motifs is 1. The van der Waals surface area contributed by atoms with Crippen LogP contribution in [0.5, 0.6) is 0 Å². The highest BCUT2D eigenvalue weighted by molar-refractivity contribution is 8.00. The number of hydrogen-bond acceptors (Lipinski definition) is 6. The van der Waals surface area contributed by atoms with Crippen LogP contribution in [0.3, 0.4) is 0 Å². The molecule has 1 aliphatic heterocycles. The summed E-state index contributed by atoms with van der Waals surface area (Å²) in [7, 11) is -3.11. The first-order valence-electron chi connectivity index (χ1n) is 11.5. The number of nitrogens with zero attached hydrogens (tertiary/aromatic N) is 3. The molecule has 0 spiro atoms. The predicted molar refractivity (Wildman–Crippen MR) is 136 cm³/mol. The maximum Gasteiger partial charge on any atom is 0.266 e. The molecule has 4 rings (SSSR count). The zero-order valence-electron chi connectivity index (χ0n) is 19.6. The molecule has 1 fully saturated rings. The molecule has 1 aliphatic rings. The molecule has 2 atom stereocenters. The molecule has 7 nitrogen and oxygen atoms in total. The standard InChI is InChI=1S/C25H29N3O4S2/c1-4-18-10-12-19(13-11-18)28-24(30)21-8-6-7-9-22(21)26-25(28)33-17(3)23(29)27(5-2)20-14-15-34(31,32)16-20/h6-13,17,20H,4-5,14-16H2,1-3H3/t17-,20+/m1/s1. The Kier molecular flexibility index (Phi) is 7.14. The molecule has 0 N–H and O–H groups in total. The molecule has 0 saturated carbocycles. The molecule has 34 heavy (non-hydrogen) atoms. The van der Waals surface area contributed by atoms with Gasteiger partial charge < -0.3 is 4.90 Å². The van der Waals surface area contributed by atoms with Crippen LogP contribution in [0.15, 0.2) is 58.5 Å². The summed E-state index contributed by atoms with van der Waals surface area (Å²) >= 11 is 1.23. The Morgan fingerprint density at radius 3 is 2.50 bits per heavy atom. The number of rotatable bonds is 7. The molecule has 9 heteroatoms. The number of amides is 1. The first-order chi connectivity index (χ1) is 16.2. The van der Waals surface area contributed by atoms with Gasteiger partial charge in [0.15, 0.2) is 15.0 Å². The van der Waals surface area contributed by atoms with E-state index in [0.717, 1.165) is 12.0 Å². The molecule has 1 aromatic heterocycles. The Hall–Kier alpha value is -2.65. The van der Waals surface area contributed by atoms with E-state index >= 15 is 0 Å². The minimum atomic E-state index is -3.11. The maximum absolute atomic E-state index is 13.5. The zero-order chi connectivity index (χ0) is 24.5. The Labute approximate surface area is 204 Å². The van der Waals surface area contributed by atoms with Crippen LogP contribution < -0.4 is 5.56 Å². The molecule has 3 aromatic rings. The Balaban J connectivity index is 1.71. The van der Waals surface area contributed by atoms with Crippen LogP contribution in [0.4, 0.5) is 0 Å². The zero-order valence-corrected chi connectivity index (χ0v) is 21.2. The van der Waals surface area contributed by atoms with Crippen molar-refractivity contribution in [3.05, 3.63) is 64.4 Å². The summed E-state index contributed by atoms with van der Waals surface area (Å²) in [5.41, 5.74) is 2.24. The average molecular weight is 500 g/mol. The van der Waals surface area contributed by atoms with E-state index in [-0.39, 0.29) is 29.0 Å². The van der Waals surface area contributed by atoms with Gasteiger partial charge in [-0.2, -0.15) is 0 Å². The summed E-state index contributed by atoms with van der Waals surface area (Å²) < 4.78 is 25.5. The van der Waals surface area contributed by atoms with E-state index < -0.39 is 15.1 Å². The summed E-state index contributed by atoms with van der Waals surface area (Å²) in [4.78, 5) is 33.2. The van der Waals surface area contributed by atoms with Gasteiger partial charge in [0.1, 0.15) is 0 Å². The van der Waals surface area contributed by atoms with Gasteiger partial charge in [-0.3, -0.25) is 14.2 Å². The van der Waals surface area contributed by atoms with Crippen molar-refractivity contribution >= 4 is 38.4 Å². The van der Waals surface area contributed by atoms with Gasteiger partial charge in [-0.15, -0.1) is 0 Å². The molecular formula is C25H29N3O4S2. The fourth-order valence-corrected chi connectivity index (χ4v) is 7.08. The summed E-state index contributed by atoms with van der Waals surface area (Å²) in [5.74, 6) is -0.0280. The highest BCUT2D eigenvalue weighted by Crippen LogP contribution is 2.28. The summed E-state index contributed by atoms with van der Waals surface area (Å²) in [6.07, 6.45) is 1.35. The fraction of sp³-hybridized carbons (Fsp3) is 0.400. The fourth-order valence-electron chi connectivity index (χ4n) is 4.36. The smallest absolute Gasteiger partial charge is 0.266 e. The van der Waals surface area contributed by atoms with Crippen LogP contribution in [-0.4, -0.2) is 58.1 Å². The van der Waals surface area contributed by atoms with E-state index in [0.29, 0.717) is 34.7 Å². The number of aromatic nitrogens is 2. The third-order valence-corrected chi connectivity index (χ3v) is 9.04. The van der Waals surface area contributed by atoms with E-state index in [2.05, 4.69) is 6.92 Å². The highest BCUT2D eigenvalue weighted by Gasteiger charge is 2.35. The lowest BCUT2D eigenvalue weighted by Gasteiger charge is -2.29. The monoisotopic (exact) mass is 499 g/mol. The van der Waals surface area contributed by atoms with Crippen molar-refractivity contribution in [2.75, 3.05) is 18.1 Å². The van der Waals surface area contributed by atoms with Gasteiger partial charge in [0.25, 0.3) is 5.56 Å². The summed E-state index contributed by atoms with van der Waals surface area (Å²) in [5, 5.41) is 0.401. The highest BCUT2D eigenvalue weighted by atomic mass is 32.2. The van der Waals surface area contributed by atoms with Crippen molar-refractivity contribution in [2.24, 2.45) is 0 Å². The summed E-state index contributed by atoms with van der Waals surface area (Å²) in [6, 6.07) is 14.6. The van der Waals surface area contributed by atoms with Gasteiger partial charge in [0.2, 0.25) is 5.91 Å². The van der Waals surface area contributed by atoms with Crippen LogP contribution in [-0.2, 0) is 21.1 Å². The molecule has 1 amide bonds. The van der Waals surface area contributed by atoms with E-state index in [9.17, 15) is 18.0 Å². The van der Waals surface area contributed by atoms with E-state index in [1.165, 1.54) is 11.8 Å². The Morgan fingerprint density at radius 2 is 1.88 bits per heavy atom. The molecular weight excluding hydrogens is 470 g/mol. The van der Waals surface area contributed by atoms with Gasteiger partial charge >= 0.3 is 0 Å². The molecule has 0 bridgehead atoms. The quantitative estimate of drug-likeness (QED) is 0.365. The molecule has 0 radical (unpaired) electrons.